The Hall–Kier alpha value is -2.76. The number of H-pyrrole nitrogens is 1. The summed E-state index contributed by atoms with van der Waals surface area (Å²) in [5.74, 6) is 0.0114. The van der Waals surface area contributed by atoms with Gasteiger partial charge in [0, 0.05) is 12.3 Å². The number of nitrogens with one attached hydrogen (secondary N) is 1. The second-order valence-electron chi connectivity index (χ2n) is 4.15. The number of rotatable bonds is 6. The van der Waals surface area contributed by atoms with Crippen molar-refractivity contribution in [3.8, 4) is 11.5 Å². The number of ether oxygens (including phenoxy) is 3. The monoisotopic (exact) mass is 289 g/mol. The smallest absolute Gasteiger partial charge is 0.355 e. The highest BCUT2D eigenvalue weighted by molar-refractivity contribution is 6.01. The van der Waals surface area contributed by atoms with Gasteiger partial charge in [0.25, 0.3) is 0 Å². The van der Waals surface area contributed by atoms with E-state index in [-0.39, 0.29) is 12.4 Å². The Kier molecular flexibility index (Phi) is 4.61. The molecular weight excluding hydrogens is 274 g/mol. The molecule has 2 rings (SSSR count). The molecule has 21 heavy (non-hydrogen) atoms. The molecular formula is C15H15NO5. The minimum atomic E-state index is -0.583. The minimum Gasteiger partial charge on any atom is -0.497 e. The van der Waals surface area contributed by atoms with Crippen LogP contribution >= 0.6 is 0 Å². The largest absolute Gasteiger partial charge is 0.497 e. The summed E-state index contributed by atoms with van der Waals surface area (Å²) < 4.78 is 15.2. The zero-order chi connectivity index (χ0) is 15.2. The van der Waals surface area contributed by atoms with Crippen LogP contribution in [0.1, 0.15) is 20.8 Å². The molecule has 1 heterocycles. The molecule has 1 N–H and O–H groups in total. The van der Waals surface area contributed by atoms with E-state index in [1.54, 1.807) is 36.5 Å². The van der Waals surface area contributed by atoms with E-state index >= 15 is 0 Å². The maximum atomic E-state index is 12.1. The highest BCUT2D eigenvalue weighted by Gasteiger charge is 2.16. The van der Waals surface area contributed by atoms with E-state index in [0.29, 0.717) is 22.8 Å². The average Bonchev–Trinajstić information content (AvgIpc) is 3.06. The molecule has 0 bridgehead atoms. The number of benzene rings is 1. The molecule has 0 saturated heterocycles. The topological polar surface area (TPSA) is 77.6 Å². The summed E-state index contributed by atoms with van der Waals surface area (Å²) in [5.41, 5.74) is 0.627. The van der Waals surface area contributed by atoms with Crippen molar-refractivity contribution in [1.29, 1.82) is 0 Å². The van der Waals surface area contributed by atoms with Crippen LogP contribution in [0.3, 0.4) is 0 Å². The number of ketones is 1. The second kappa shape index (κ2) is 6.60. The molecule has 0 aliphatic carbocycles. The van der Waals surface area contributed by atoms with E-state index in [1.165, 1.54) is 14.2 Å². The molecule has 0 fully saturated rings. The van der Waals surface area contributed by atoms with Crippen molar-refractivity contribution >= 4 is 11.8 Å². The number of hydrogen-bond donors (Lipinski definition) is 1. The summed E-state index contributed by atoms with van der Waals surface area (Å²) in [6, 6.07) is 8.05. The maximum absolute atomic E-state index is 12.1. The Morgan fingerprint density at radius 2 is 1.95 bits per heavy atom. The number of esters is 1. The van der Waals surface area contributed by atoms with Crippen molar-refractivity contribution < 1.29 is 23.8 Å². The van der Waals surface area contributed by atoms with Crippen LogP contribution in [-0.4, -0.2) is 37.6 Å². The normalized spacial score (nSPS) is 10.0. The fourth-order valence-corrected chi connectivity index (χ4v) is 1.77. The van der Waals surface area contributed by atoms with E-state index in [9.17, 15) is 9.59 Å². The van der Waals surface area contributed by atoms with Crippen LogP contribution in [0.15, 0.2) is 36.5 Å². The van der Waals surface area contributed by atoms with E-state index in [4.69, 9.17) is 14.2 Å². The highest BCUT2D eigenvalue weighted by atomic mass is 16.5. The Morgan fingerprint density at radius 3 is 2.57 bits per heavy atom. The highest BCUT2D eigenvalue weighted by Crippen LogP contribution is 2.25. The lowest BCUT2D eigenvalue weighted by Gasteiger charge is -2.09. The third kappa shape index (κ3) is 3.42. The number of hydrogen-bond acceptors (Lipinski definition) is 5. The molecule has 1 aromatic carbocycles. The third-order valence-corrected chi connectivity index (χ3v) is 2.86. The standard InChI is InChI=1S/C15H15NO5/c1-19-10-5-6-11(14(8-10)20-2)13(17)9-21-15(18)12-4-3-7-16-12/h3-8,16H,9H2,1-2H3. The number of aromatic amines is 1. The molecule has 0 spiro atoms. The fourth-order valence-electron chi connectivity index (χ4n) is 1.77. The molecule has 0 amide bonds. The first-order valence-corrected chi connectivity index (χ1v) is 6.21. The first-order valence-electron chi connectivity index (χ1n) is 6.21. The van der Waals surface area contributed by atoms with Crippen LogP contribution in [0, 0.1) is 0 Å². The predicted molar refractivity (Wildman–Crippen MR) is 75.0 cm³/mol. The lowest BCUT2D eigenvalue weighted by molar-refractivity contribution is 0.0469. The molecule has 0 atom stereocenters. The van der Waals surface area contributed by atoms with Crippen LogP contribution in [0.4, 0.5) is 0 Å². The molecule has 110 valence electrons. The first kappa shape index (κ1) is 14.6. The first-order chi connectivity index (χ1) is 10.2. The quantitative estimate of drug-likeness (QED) is 0.650. The lowest BCUT2D eigenvalue weighted by atomic mass is 10.1. The summed E-state index contributed by atoms with van der Waals surface area (Å²) in [6.45, 7) is -0.361. The lowest BCUT2D eigenvalue weighted by Crippen LogP contribution is -2.15. The van der Waals surface area contributed by atoms with E-state index in [1.807, 2.05) is 0 Å². The molecule has 6 heteroatoms. The molecule has 0 unspecified atom stereocenters. The van der Waals surface area contributed by atoms with Crippen molar-refractivity contribution in [3.05, 3.63) is 47.8 Å². The number of carbonyl (C=O) groups excluding carboxylic acids is 2. The van der Waals surface area contributed by atoms with Crippen molar-refractivity contribution in [2.24, 2.45) is 0 Å². The van der Waals surface area contributed by atoms with E-state index in [0.717, 1.165) is 0 Å². The summed E-state index contributed by atoms with van der Waals surface area (Å²) in [7, 11) is 2.98. The Balaban J connectivity index is 2.05. The maximum Gasteiger partial charge on any atom is 0.355 e. The van der Waals surface area contributed by atoms with E-state index in [2.05, 4.69) is 4.98 Å². The van der Waals surface area contributed by atoms with Gasteiger partial charge in [-0.3, -0.25) is 4.79 Å². The number of carbonyl (C=O) groups is 2. The Labute approximate surface area is 121 Å². The summed E-state index contributed by atoms with van der Waals surface area (Å²) in [4.78, 5) is 26.4. The van der Waals surface area contributed by atoms with Crippen LogP contribution in [0.2, 0.25) is 0 Å². The van der Waals surface area contributed by atoms with Gasteiger partial charge < -0.3 is 19.2 Å². The van der Waals surface area contributed by atoms with Gasteiger partial charge in [-0.25, -0.2) is 4.79 Å². The molecule has 0 aliphatic rings. The van der Waals surface area contributed by atoms with Gasteiger partial charge in [0.2, 0.25) is 5.78 Å². The van der Waals surface area contributed by atoms with Gasteiger partial charge in [-0.1, -0.05) is 0 Å². The zero-order valence-corrected chi connectivity index (χ0v) is 11.7. The predicted octanol–water partition coefficient (Wildman–Crippen LogP) is 2.07. The summed E-state index contributed by atoms with van der Waals surface area (Å²) in [5, 5.41) is 0. The van der Waals surface area contributed by atoms with Gasteiger partial charge in [0.05, 0.1) is 19.8 Å². The van der Waals surface area contributed by atoms with Gasteiger partial charge >= 0.3 is 5.97 Å². The van der Waals surface area contributed by atoms with E-state index < -0.39 is 5.97 Å². The van der Waals surface area contributed by atoms with Gasteiger partial charge in [-0.2, -0.15) is 0 Å². The summed E-state index contributed by atoms with van der Waals surface area (Å²) >= 11 is 0. The SMILES string of the molecule is COc1ccc(C(=O)COC(=O)c2ccc[nH]2)c(OC)c1. The van der Waals surface area contributed by atoms with Crippen molar-refractivity contribution in [2.75, 3.05) is 20.8 Å². The zero-order valence-electron chi connectivity index (χ0n) is 11.7. The molecule has 0 saturated carbocycles. The molecule has 0 radical (unpaired) electrons. The fraction of sp³-hybridized carbons (Fsp3) is 0.200. The van der Waals surface area contributed by atoms with Crippen LogP contribution in [0.5, 0.6) is 11.5 Å². The second-order valence-corrected chi connectivity index (χ2v) is 4.15. The number of aromatic nitrogens is 1. The van der Waals surface area contributed by atoms with Gasteiger partial charge in [0.15, 0.2) is 6.61 Å². The van der Waals surface area contributed by atoms with Gasteiger partial charge in [-0.05, 0) is 24.3 Å². The molecule has 1 aromatic heterocycles. The Morgan fingerprint density at radius 1 is 1.14 bits per heavy atom. The third-order valence-electron chi connectivity index (χ3n) is 2.86. The molecule has 2 aromatic rings. The van der Waals surface area contributed by atoms with Gasteiger partial charge in [0.1, 0.15) is 17.2 Å². The van der Waals surface area contributed by atoms with Gasteiger partial charge in [-0.15, -0.1) is 0 Å². The van der Waals surface area contributed by atoms with Crippen LogP contribution in [0.25, 0.3) is 0 Å². The van der Waals surface area contributed by atoms with Crippen molar-refractivity contribution in [1.82, 2.24) is 4.98 Å². The van der Waals surface area contributed by atoms with Crippen LogP contribution in [-0.2, 0) is 4.74 Å². The Bertz CT molecular complexity index is 634. The average molecular weight is 289 g/mol. The van der Waals surface area contributed by atoms with Crippen LogP contribution < -0.4 is 9.47 Å². The minimum absolute atomic E-state index is 0.296. The van der Waals surface area contributed by atoms with Crippen molar-refractivity contribution in [2.45, 2.75) is 0 Å². The molecule has 0 aliphatic heterocycles. The number of Topliss-reactive ketones (excluding diaryl/α,β-unsaturated/α-hetero) is 1. The van der Waals surface area contributed by atoms with Crippen molar-refractivity contribution in [3.63, 3.8) is 0 Å². The summed E-state index contributed by atoms with van der Waals surface area (Å²) in [6.07, 6.45) is 1.60. The molecule has 6 nitrogen and oxygen atoms in total. The number of methoxy groups -OCH3 is 2.